The molecule has 0 aliphatic carbocycles. The number of halogens is 1. The predicted molar refractivity (Wildman–Crippen MR) is 123 cm³/mol. The van der Waals surface area contributed by atoms with Crippen LogP contribution in [-0.2, 0) is 4.79 Å². The number of guanidine groups is 1. The second kappa shape index (κ2) is 8.20. The Bertz CT molecular complexity index is 1280. The van der Waals surface area contributed by atoms with E-state index in [-0.39, 0.29) is 17.8 Å². The average molecular weight is 445 g/mol. The third-order valence-electron chi connectivity index (χ3n) is 6.00. The molecule has 2 aromatic carbocycles. The highest BCUT2D eigenvalue weighted by Gasteiger charge is 2.44. The Hall–Kier alpha value is -3.94. The zero-order chi connectivity index (χ0) is 23.1. The fraction of sp³-hybridized carbons (Fsp3) is 0.240. The number of likely N-dealkylation sites (N-methyl/N-ethyl adjacent to an activating group) is 1. The topological polar surface area (TPSA) is 63.0 Å². The van der Waals surface area contributed by atoms with Gasteiger partial charge in [0.05, 0.1) is 30.9 Å². The van der Waals surface area contributed by atoms with Crippen LogP contribution in [0.4, 0.5) is 4.39 Å². The predicted octanol–water partition coefficient (Wildman–Crippen LogP) is 3.94. The molecule has 7 nitrogen and oxygen atoms in total. The maximum Gasteiger partial charge on any atom is 0.279 e. The Morgan fingerprint density at radius 1 is 1.21 bits per heavy atom. The van der Waals surface area contributed by atoms with Crippen molar-refractivity contribution in [2.24, 2.45) is 4.99 Å². The number of fused-ring (bicyclic) bond motifs is 1. The number of aryl methyl sites for hydroxylation is 1. The van der Waals surface area contributed by atoms with E-state index in [0.717, 1.165) is 29.1 Å². The number of hydrogen-bond acceptors (Lipinski definition) is 5. The van der Waals surface area contributed by atoms with E-state index < -0.39 is 0 Å². The largest absolute Gasteiger partial charge is 0.495 e. The fourth-order valence-electron chi connectivity index (χ4n) is 4.31. The lowest BCUT2D eigenvalue weighted by Crippen LogP contribution is -2.33. The summed E-state index contributed by atoms with van der Waals surface area (Å²) in [7, 11) is 1.61. The van der Waals surface area contributed by atoms with Crippen LogP contribution in [0.25, 0.3) is 11.8 Å². The van der Waals surface area contributed by atoms with Gasteiger partial charge in [0.2, 0.25) is 5.96 Å². The maximum atomic E-state index is 13.4. The van der Waals surface area contributed by atoms with E-state index in [1.54, 1.807) is 36.5 Å². The molecule has 0 bridgehead atoms. The molecule has 0 radical (unpaired) electrons. The van der Waals surface area contributed by atoms with Gasteiger partial charge >= 0.3 is 0 Å². The summed E-state index contributed by atoms with van der Waals surface area (Å²) in [4.78, 5) is 26.1. The zero-order valence-corrected chi connectivity index (χ0v) is 18.7. The normalized spacial score (nSPS) is 18.8. The Kier molecular flexibility index (Phi) is 5.20. The molecule has 0 spiro atoms. The van der Waals surface area contributed by atoms with Gasteiger partial charge in [0, 0.05) is 19.3 Å². The van der Waals surface area contributed by atoms with Gasteiger partial charge in [-0.3, -0.25) is 9.69 Å². The number of benzene rings is 2. The standard InChI is InChI=1S/C25H24FN5O2/c1-4-29-14-22(18-6-8-19(26)9-7-18)31-24(32)20(28-25(29)31)11-17-5-10-21(23(12-17)33-3)30-13-16(2)27-15-30/h5-13,15,22H,4,14H2,1-3H3/b20-11-. The van der Waals surface area contributed by atoms with Crippen molar-refractivity contribution in [3.05, 3.63) is 83.3 Å². The lowest BCUT2D eigenvalue weighted by molar-refractivity contribution is -0.123. The molecule has 1 unspecified atom stereocenters. The third-order valence-corrected chi connectivity index (χ3v) is 6.00. The molecule has 3 heterocycles. The highest BCUT2D eigenvalue weighted by atomic mass is 19.1. The number of carbonyl (C=O) groups excluding carboxylic acids is 1. The van der Waals surface area contributed by atoms with E-state index in [1.165, 1.54) is 12.1 Å². The number of imidazole rings is 1. The van der Waals surface area contributed by atoms with E-state index in [9.17, 15) is 9.18 Å². The molecule has 5 rings (SSSR count). The van der Waals surface area contributed by atoms with E-state index in [1.807, 2.05) is 42.8 Å². The van der Waals surface area contributed by atoms with Crippen LogP contribution in [0.15, 0.2) is 65.7 Å². The number of nitrogens with zero attached hydrogens (tertiary/aromatic N) is 5. The fourth-order valence-corrected chi connectivity index (χ4v) is 4.31. The van der Waals surface area contributed by atoms with Crippen LogP contribution >= 0.6 is 0 Å². The van der Waals surface area contributed by atoms with Crippen molar-refractivity contribution in [3.8, 4) is 11.4 Å². The van der Waals surface area contributed by atoms with Crippen molar-refractivity contribution in [1.82, 2.24) is 19.4 Å². The van der Waals surface area contributed by atoms with E-state index in [0.29, 0.717) is 24.0 Å². The number of rotatable bonds is 5. The minimum Gasteiger partial charge on any atom is -0.495 e. The number of aliphatic imine (C=N–C) groups is 1. The molecule has 3 aromatic rings. The maximum absolute atomic E-state index is 13.4. The first kappa shape index (κ1) is 20.9. The molecule has 1 amide bonds. The Morgan fingerprint density at radius 2 is 2.00 bits per heavy atom. The summed E-state index contributed by atoms with van der Waals surface area (Å²) in [6, 6.07) is 11.8. The van der Waals surface area contributed by atoms with Gasteiger partial charge in [-0.2, -0.15) is 0 Å². The summed E-state index contributed by atoms with van der Waals surface area (Å²) in [6.07, 6.45) is 5.43. The van der Waals surface area contributed by atoms with Gasteiger partial charge in [-0.25, -0.2) is 14.4 Å². The average Bonchev–Trinajstić information content (AvgIpc) is 3.50. The molecular weight excluding hydrogens is 421 g/mol. The van der Waals surface area contributed by atoms with Crippen molar-refractivity contribution >= 4 is 17.9 Å². The number of ether oxygens (including phenoxy) is 1. The Labute approximate surface area is 191 Å². The molecule has 2 aliphatic heterocycles. The molecule has 8 heteroatoms. The van der Waals surface area contributed by atoms with Gasteiger partial charge in [-0.15, -0.1) is 0 Å². The highest BCUT2D eigenvalue weighted by molar-refractivity contribution is 6.14. The van der Waals surface area contributed by atoms with Gasteiger partial charge < -0.3 is 14.2 Å². The minimum atomic E-state index is -0.297. The summed E-state index contributed by atoms with van der Waals surface area (Å²) in [5.74, 6) is 0.846. The highest BCUT2D eigenvalue weighted by Crippen LogP contribution is 2.36. The van der Waals surface area contributed by atoms with Crippen molar-refractivity contribution < 1.29 is 13.9 Å². The first-order valence-corrected chi connectivity index (χ1v) is 10.8. The van der Waals surface area contributed by atoms with Crippen LogP contribution in [0, 0.1) is 12.7 Å². The van der Waals surface area contributed by atoms with E-state index in [4.69, 9.17) is 4.74 Å². The van der Waals surface area contributed by atoms with Crippen LogP contribution in [-0.4, -0.2) is 51.4 Å². The van der Waals surface area contributed by atoms with E-state index >= 15 is 0 Å². The smallest absolute Gasteiger partial charge is 0.279 e. The molecular formula is C25H24FN5O2. The zero-order valence-electron chi connectivity index (χ0n) is 18.7. The summed E-state index contributed by atoms with van der Waals surface area (Å²) in [5.41, 5.74) is 3.83. The molecule has 2 aliphatic rings. The van der Waals surface area contributed by atoms with Crippen molar-refractivity contribution in [2.45, 2.75) is 19.9 Å². The summed E-state index contributed by atoms with van der Waals surface area (Å²) in [5, 5.41) is 0. The lowest BCUT2D eigenvalue weighted by Gasteiger charge is -2.19. The number of amides is 1. The van der Waals surface area contributed by atoms with Crippen molar-refractivity contribution in [3.63, 3.8) is 0 Å². The molecule has 1 aromatic heterocycles. The minimum absolute atomic E-state index is 0.163. The lowest BCUT2D eigenvalue weighted by atomic mass is 10.1. The van der Waals surface area contributed by atoms with Gasteiger partial charge in [-0.05, 0) is 55.3 Å². The first-order chi connectivity index (χ1) is 16.0. The quantitative estimate of drug-likeness (QED) is 0.558. The van der Waals surface area contributed by atoms with Crippen LogP contribution in [0.3, 0.4) is 0 Å². The first-order valence-electron chi connectivity index (χ1n) is 10.8. The molecule has 1 saturated heterocycles. The van der Waals surface area contributed by atoms with E-state index in [2.05, 4.69) is 14.9 Å². The van der Waals surface area contributed by atoms with Crippen molar-refractivity contribution in [2.75, 3.05) is 20.2 Å². The van der Waals surface area contributed by atoms with Crippen LogP contribution in [0.2, 0.25) is 0 Å². The second-order valence-corrected chi connectivity index (χ2v) is 8.08. The molecule has 1 fully saturated rings. The monoisotopic (exact) mass is 445 g/mol. The summed E-state index contributed by atoms with van der Waals surface area (Å²) in [6.45, 7) is 5.31. The van der Waals surface area contributed by atoms with Crippen LogP contribution in [0.1, 0.15) is 29.8 Å². The number of carbonyl (C=O) groups is 1. The van der Waals surface area contributed by atoms with Crippen LogP contribution < -0.4 is 4.74 Å². The molecule has 33 heavy (non-hydrogen) atoms. The number of aromatic nitrogens is 2. The van der Waals surface area contributed by atoms with Crippen molar-refractivity contribution in [1.29, 1.82) is 0 Å². The Balaban J connectivity index is 1.48. The molecule has 0 N–H and O–H groups in total. The molecule has 1 atom stereocenters. The van der Waals surface area contributed by atoms with Gasteiger partial charge in [0.15, 0.2) is 0 Å². The molecule has 168 valence electrons. The SMILES string of the molecule is CCN1CC(c2ccc(F)cc2)N2C(=O)/C(=C/c3ccc(-n4cnc(C)c4)c(OC)c3)N=C12. The van der Waals surface area contributed by atoms with Crippen LogP contribution in [0.5, 0.6) is 5.75 Å². The third kappa shape index (κ3) is 3.67. The van der Waals surface area contributed by atoms with Gasteiger partial charge in [-0.1, -0.05) is 18.2 Å². The van der Waals surface area contributed by atoms with Gasteiger partial charge in [0.25, 0.3) is 5.91 Å². The second-order valence-electron chi connectivity index (χ2n) is 8.08. The number of methoxy groups -OCH3 is 1. The summed E-state index contributed by atoms with van der Waals surface area (Å²) >= 11 is 0. The number of hydrogen-bond donors (Lipinski definition) is 0. The van der Waals surface area contributed by atoms with Gasteiger partial charge in [0.1, 0.15) is 17.3 Å². The Morgan fingerprint density at radius 3 is 2.67 bits per heavy atom. The molecule has 0 saturated carbocycles. The summed E-state index contributed by atoms with van der Waals surface area (Å²) < 4.78 is 20.9.